The van der Waals surface area contributed by atoms with Crippen LogP contribution < -0.4 is 5.32 Å². The number of rotatable bonds is 3. The summed E-state index contributed by atoms with van der Waals surface area (Å²) in [5.74, 6) is 0.436. The van der Waals surface area contributed by atoms with Gasteiger partial charge in [-0.2, -0.15) is 0 Å². The Morgan fingerprint density at radius 2 is 2.18 bits per heavy atom. The number of amides is 1. The summed E-state index contributed by atoms with van der Waals surface area (Å²) in [6.07, 6.45) is 5.34. The fourth-order valence-corrected chi connectivity index (χ4v) is 3.49. The number of carbonyl (C=O) groups excluding carboxylic acids is 1. The first-order valence-electron chi connectivity index (χ1n) is 7.38. The molecule has 0 spiro atoms. The van der Waals surface area contributed by atoms with Gasteiger partial charge in [0.2, 0.25) is 0 Å². The molecule has 3 rings (SSSR count). The summed E-state index contributed by atoms with van der Waals surface area (Å²) in [6, 6.07) is 0. The predicted octanol–water partition coefficient (Wildman–Crippen LogP) is 2.30. The van der Waals surface area contributed by atoms with Gasteiger partial charge in [0, 0.05) is 43.3 Å². The number of nitrogens with one attached hydrogen (secondary N) is 1. The molecule has 0 atom stereocenters. The first-order chi connectivity index (χ1) is 10.7. The number of nitrogens with zero attached hydrogens (tertiary/aromatic N) is 4. The van der Waals surface area contributed by atoms with Crippen molar-refractivity contribution in [2.75, 3.05) is 25.5 Å². The number of thiazole rings is 1. The van der Waals surface area contributed by atoms with E-state index < -0.39 is 0 Å². The van der Waals surface area contributed by atoms with Crippen LogP contribution in [0.3, 0.4) is 0 Å². The normalized spacial score (nSPS) is 15.8. The van der Waals surface area contributed by atoms with Gasteiger partial charge < -0.3 is 10.2 Å². The van der Waals surface area contributed by atoms with Crippen LogP contribution in [0, 0.1) is 6.92 Å². The van der Waals surface area contributed by atoms with Gasteiger partial charge >= 0.3 is 0 Å². The molecule has 2 aromatic rings. The highest BCUT2D eigenvalue weighted by atomic mass is 32.1. The molecule has 1 aliphatic rings. The quantitative estimate of drug-likeness (QED) is 0.940. The summed E-state index contributed by atoms with van der Waals surface area (Å²) >= 11 is 1.45. The topological polar surface area (TPSA) is 71.0 Å². The molecule has 3 heterocycles. The van der Waals surface area contributed by atoms with Crippen LogP contribution in [0.25, 0.3) is 0 Å². The minimum absolute atomic E-state index is 0.0237. The lowest BCUT2D eigenvalue weighted by Gasteiger charge is -2.31. The van der Waals surface area contributed by atoms with Crippen LogP contribution in [0.1, 0.15) is 40.5 Å². The third kappa shape index (κ3) is 2.94. The molecular formula is C15H19N5OS. The summed E-state index contributed by atoms with van der Waals surface area (Å²) < 4.78 is 0. The van der Waals surface area contributed by atoms with Crippen molar-refractivity contribution in [1.29, 1.82) is 0 Å². The molecule has 2 aromatic heterocycles. The SMILES string of the molecule is CNc1nc(C(=O)N2CCC(c3ncncc3C)CC2)cs1. The van der Waals surface area contributed by atoms with Gasteiger partial charge in [-0.05, 0) is 25.3 Å². The average Bonchev–Trinajstić information content (AvgIpc) is 3.04. The molecule has 1 fully saturated rings. The van der Waals surface area contributed by atoms with Gasteiger partial charge in [-0.25, -0.2) is 15.0 Å². The Labute approximate surface area is 133 Å². The Morgan fingerprint density at radius 1 is 1.41 bits per heavy atom. The molecule has 116 valence electrons. The van der Waals surface area contributed by atoms with Gasteiger partial charge in [-0.1, -0.05) is 0 Å². The standard InChI is InChI=1S/C15H19N5OS/c1-10-7-17-9-18-13(10)11-3-5-20(6-4-11)14(21)12-8-22-15(16-2)19-12/h7-9,11H,3-6H2,1-2H3,(H,16,19). The number of carbonyl (C=O) groups is 1. The number of hydrogen-bond donors (Lipinski definition) is 1. The Hall–Kier alpha value is -2.02. The van der Waals surface area contributed by atoms with E-state index in [4.69, 9.17) is 0 Å². The highest BCUT2D eigenvalue weighted by molar-refractivity contribution is 7.13. The molecule has 0 aliphatic carbocycles. The molecule has 7 heteroatoms. The van der Waals surface area contributed by atoms with Crippen molar-refractivity contribution in [3.8, 4) is 0 Å². The number of anilines is 1. The predicted molar refractivity (Wildman–Crippen MR) is 86.3 cm³/mol. The van der Waals surface area contributed by atoms with E-state index in [0.29, 0.717) is 11.6 Å². The van der Waals surface area contributed by atoms with Crippen molar-refractivity contribution in [3.05, 3.63) is 34.9 Å². The van der Waals surface area contributed by atoms with Gasteiger partial charge in [0.05, 0.1) is 0 Å². The number of aromatic nitrogens is 3. The Balaban J connectivity index is 1.64. The van der Waals surface area contributed by atoms with E-state index in [9.17, 15) is 4.79 Å². The number of hydrogen-bond acceptors (Lipinski definition) is 6. The van der Waals surface area contributed by atoms with E-state index in [2.05, 4.69) is 20.3 Å². The largest absolute Gasteiger partial charge is 0.365 e. The fourth-order valence-electron chi connectivity index (χ4n) is 2.84. The molecule has 1 saturated heterocycles. The Morgan fingerprint density at radius 3 is 2.82 bits per heavy atom. The van der Waals surface area contributed by atoms with E-state index in [1.165, 1.54) is 11.3 Å². The van der Waals surface area contributed by atoms with Crippen molar-refractivity contribution in [3.63, 3.8) is 0 Å². The highest BCUT2D eigenvalue weighted by Gasteiger charge is 2.27. The molecular weight excluding hydrogens is 298 g/mol. The molecule has 1 N–H and O–H groups in total. The average molecular weight is 317 g/mol. The smallest absolute Gasteiger partial charge is 0.273 e. The molecule has 0 saturated carbocycles. The molecule has 6 nitrogen and oxygen atoms in total. The van der Waals surface area contributed by atoms with Crippen molar-refractivity contribution < 1.29 is 4.79 Å². The van der Waals surface area contributed by atoms with Crippen LogP contribution in [0.5, 0.6) is 0 Å². The maximum atomic E-state index is 12.5. The molecule has 0 radical (unpaired) electrons. The fraction of sp³-hybridized carbons (Fsp3) is 0.467. The zero-order valence-corrected chi connectivity index (χ0v) is 13.6. The molecule has 1 amide bonds. The van der Waals surface area contributed by atoms with E-state index >= 15 is 0 Å². The van der Waals surface area contributed by atoms with Crippen molar-refractivity contribution in [2.45, 2.75) is 25.7 Å². The van der Waals surface area contributed by atoms with Crippen LogP contribution in [0.2, 0.25) is 0 Å². The minimum Gasteiger partial charge on any atom is -0.365 e. The maximum Gasteiger partial charge on any atom is 0.273 e. The molecule has 0 aromatic carbocycles. The second-order valence-electron chi connectivity index (χ2n) is 5.45. The monoisotopic (exact) mass is 317 g/mol. The van der Waals surface area contributed by atoms with E-state index in [1.807, 2.05) is 30.4 Å². The van der Waals surface area contributed by atoms with Crippen molar-refractivity contribution in [2.24, 2.45) is 0 Å². The van der Waals surface area contributed by atoms with Crippen molar-refractivity contribution in [1.82, 2.24) is 19.9 Å². The summed E-state index contributed by atoms with van der Waals surface area (Å²) in [7, 11) is 1.81. The zero-order valence-electron chi connectivity index (χ0n) is 12.7. The molecule has 0 bridgehead atoms. The van der Waals surface area contributed by atoms with Crippen LogP contribution in [0.4, 0.5) is 5.13 Å². The van der Waals surface area contributed by atoms with Gasteiger partial charge in [-0.3, -0.25) is 4.79 Å². The number of piperidine rings is 1. The van der Waals surface area contributed by atoms with E-state index in [0.717, 1.165) is 42.3 Å². The molecule has 22 heavy (non-hydrogen) atoms. The lowest BCUT2D eigenvalue weighted by atomic mass is 9.91. The van der Waals surface area contributed by atoms with E-state index in [-0.39, 0.29) is 5.91 Å². The minimum atomic E-state index is 0.0237. The van der Waals surface area contributed by atoms with Gasteiger partial charge in [0.1, 0.15) is 12.0 Å². The van der Waals surface area contributed by atoms with Gasteiger partial charge in [0.25, 0.3) is 5.91 Å². The van der Waals surface area contributed by atoms with Gasteiger partial charge in [-0.15, -0.1) is 11.3 Å². The van der Waals surface area contributed by atoms with Crippen LogP contribution >= 0.6 is 11.3 Å². The molecule has 1 aliphatic heterocycles. The first-order valence-corrected chi connectivity index (χ1v) is 8.26. The van der Waals surface area contributed by atoms with Crippen LogP contribution in [-0.4, -0.2) is 45.9 Å². The zero-order chi connectivity index (χ0) is 15.5. The number of aryl methyl sites for hydroxylation is 1. The Bertz CT molecular complexity index is 663. The van der Waals surface area contributed by atoms with Crippen LogP contribution in [-0.2, 0) is 0 Å². The summed E-state index contributed by atoms with van der Waals surface area (Å²) in [4.78, 5) is 27.1. The summed E-state index contributed by atoms with van der Waals surface area (Å²) in [5.41, 5.74) is 2.78. The lowest BCUT2D eigenvalue weighted by Crippen LogP contribution is -2.38. The van der Waals surface area contributed by atoms with E-state index in [1.54, 1.807) is 6.33 Å². The third-order valence-corrected chi connectivity index (χ3v) is 4.90. The first kappa shape index (κ1) is 14.9. The third-order valence-electron chi connectivity index (χ3n) is 4.04. The second kappa shape index (κ2) is 6.39. The summed E-state index contributed by atoms with van der Waals surface area (Å²) in [6.45, 7) is 3.54. The molecule has 0 unspecified atom stereocenters. The second-order valence-corrected chi connectivity index (χ2v) is 6.30. The highest BCUT2D eigenvalue weighted by Crippen LogP contribution is 2.29. The maximum absolute atomic E-state index is 12.5. The summed E-state index contributed by atoms with van der Waals surface area (Å²) in [5, 5.41) is 5.55. The van der Waals surface area contributed by atoms with Gasteiger partial charge in [0.15, 0.2) is 5.13 Å². The van der Waals surface area contributed by atoms with Crippen molar-refractivity contribution >= 4 is 22.4 Å². The van der Waals surface area contributed by atoms with Crippen LogP contribution in [0.15, 0.2) is 17.9 Å². The Kier molecular flexibility index (Phi) is 4.33. The lowest BCUT2D eigenvalue weighted by molar-refractivity contribution is 0.0707. The number of likely N-dealkylation sites (tertiary alicyclic amines) is 1.